The van der Waals surface area contributed by atoms with Gasteiger partial charge < -0.3 is 9.73 Å². The van der Waals surface area contributed by atoms with Gasteiger partial charge in [0.2, 0.25) is 0 Å². The molecule has 0 spiro atoms. The highest BCUT2D eigenvalue weighted by Crippen LogP contribution is 2.22. The van der Waals surface area contributed by atoms with Gasteiger partial charge in [-0.2, -0.15) is 0 Å². The van der Waals surface area contributed by atoms with Crippen molar-refractivity contribution in [1.29, 1.82) is 0 Å². The van der Waals surface area contributed by atoms with Gasteiger partial charge in [-0.05, 0) is 39.7 Å². The van der Waals surface area contributed by atoms with Gasteiger partial charge in [0, 0.05) is 17.6 Å². The van der Waals surface area contributed by atoms with Crippen LogP contribution in [0.2, 0.25) is 0 Å². The standard InChI is InChI=1S/C15H27NO/c1-6-8-9-14(7-2)16-12(4)15-10-11(3)17-13(15)5/h10,12,14,16H,6-9H2,1-5H3. The molecule has 0 amide bonds. The summed E-state index contributed by atoms with van der Waals surface area (Å²) in [7, 11) is 0. The van der Waals surface area contributed by atoms with Crippen molar-refractivity contribution >= 4 is 0 Å². The van der Waals surface area contributed by atoms with Gasteiger partial charge in [0.25, 0.3) is 0 Å². The van der Waals surface area contributed by atoms with Crippen molar-refractivity contribution in [3.63, 3.8) is 0 Å². The zero-order valence-electron chi connectivity index (χ0n) is 12.0. The van der Waals surface area contributed by atoms with E-state index in [-0.39, 0.29) is 0 Å². The number of hydrogen-bond acceptors (Lipinski definition) is 2. The first-order valence-corrected chi connectivity index (χ1v) is 6.91. The van der Waals surface area contributed by atoms with Gasteiger partial charge in [0.1, 0.15) is 11.5 Å². The van der Waals surface area contributed by atoms with Gasteiger partial charge in [-0.25, -0.2) is 0 Å². The molecule has 98 valence electrons. The molecule has 0 aliphatic rings. The maximum atomic E-state index is 5.59. The molecule has 0 aliphatic heterocycles. The first kappa shape index (κ1) is 14.3. The van der Waals surface area contributed by atoms with Gasteiger partial charge in [0.05, 0.1) is 0 Å². The topological polar surface area (TPSA) is 25.2 Å². The number of hydrogen-bond donors (Lipinski definition) is 1. The van der Waals surface area contributed by atoms with Gasteiger partial charge >= 0.3 is 0 Å². The van der Waals surface area contributed by atoms with E-state index in [2.05, 4.69) is 32.2 Å². The fourth-order valence-corrected chi connectivity index (χ4v) is 2.38. The average molecular weight is 237 g/mol. The lowest BCUT2D eigenvalue weighted by Gasteiger charge is -2.22. The molecular weight excluding hydrogens is 210 g/mol. The zero-order valence-corrected chi connectivity index (χ0v) is 12.0. The second-order valence-electron chi connectivity index (χ2n) is 5.00. The van der Waals surface area contributed by atoms with Crippen LogP contribution in [0.4, 0.5) is 0 Å². The summed E-state index contributed by atoms with van der Waals surface area (Å²) in [6, 6.07) is 3.16. The predicted molar refractivity (Wildman–Crippen MR) is 73.3 cm³/mol. The van der Waals surface area contributed by atoms with Crippen LogP contribution in [0.25, 0.3) is 0 Å². The second-order valence-corrected chi connectivity index (χ2v) is 5.00. The van der Waals surface area contributed by atoms with E-state index in [0.29, 0.717) is 12.1 Å². The molecule has 1 N–H and O–H groups in total. The highest BCUT2D eigenvalue weighted by Gasteiger charge is 2.15. The van der Waals surface area contributed by atoms with Crippen LogP contribution in [-0.4, -0.2) is 6.04 Å². The minimum Gasteiger partial charge on any atom is -0.466 e. The van der Waals surface area contributed by atoms with Crippen molar-refractivity contribution in [3.8, 4) is 0 Å². The van der Waals surface area contributed by atoms with E-state index in [1.165, 1.54) is 31.2 Å². The molecule has 0 aliphatic carbocycles. The summed E-state index contributed by atoms with van der Waals surface area (Å²) in [5, 5.41) is 3.71. The molecule has 0 saturated carbocycles. The Balaban J connectivity index is 2.57. The summed E-state index contributed by atoms with van der Waals surface area (Å²) in [6.07, 6.45) is 5.05. The first-order valence-electron chi connectivity index (χ1n) is 6.91. The van der Waals surface area contributed by atoms with Crippen molar-refractivity contribution in [2.45, 2.75) is 72.4 Å². The predicted octanol–water partition coefficient (Wildman–Crippen LogP) is 4.52. The Bertz CT molecular complexity index is 330. The van der Waals surface area contributed by atoms with Gasteiger partial charge in [-0.1, -0.05) is 26.7 Å². The summed E-state index contributed by atoms with van der Waals surface area (Å²) in [5.41, 5.74) is 1.30. The molecule has 1 aromatic heterocycles. The van der Waals surface area contributed by atoms with Crippen LogP contribution in [-0.2, 0) is 0 Å². The fraction of sp³-hybridized carbons (Fsp3) is 0.733. The van der Waals surface area contributed by atoms with Crippen molar-refractivity contribution < 1.29 is 4.42 Å². The smallest absolute Gasteiger partial charge is 0.105 e. The molecule has 2 atom stereocenters. The third-order valence-electron chi connectivity index (χ3n) is 3.43. The van der Waals surface area contributed by atoms with E-state index < -0.39 is 0 Å². The molecule has 2 heteroatoms. The minimum absolute atomic E-state index is 0.384. The summed E-state index contributed by atoms with van der Waals surface area (Å²) in [6.45, 7) is 10.8. The lowest BCUT2D eigenvalue weighted by molar-refractivity contribution is 0.405. The Labute approximate surface area is 106 Å². The molecule has 2 nitrogen and oxygen atoms in total. The van der Waals surface area contributed by atoms with Crippen molar-refractivity contribution in [2.75, 3.05) is 0 Å². The van der Waals surface area contributed by atoms with Crippen molar-refractivity contribution in [3.05, 3.63) is 23.2 Å². The Morgan fingerprint density at radius 3 is 2.47 bits per heavy atom. The fourth-order valence-electron chi connectivity index (χ4n) is 2.38. The quantitative estimate of drug-likeness (QED) is 0.754. The summed E-state index contributed by atoms with van der Waals surface area (Å²) in [5.74, 6) is 2.06. The zero-order chi connectivity index (χ0) is 12.8. The molecule has 0 bridgehead atoms. The van der Waals surface area contributed by atoms with Crippen LogP contribution in [0.1, 0.15) is 69.6 Å². The Kier molecular flexibility index (Phi) is 5.76. The maximum Gasteiger partial charge on any atom is 0.105 e. The molecule has 1 heterocycles. The van der Waals surface area contributed by atoms with E-state index in [1.807, 2.05) is 13.8 Å². The largest absolute Gasteiger partial charge is 0.466 e. The van der Waals surface area contributed by atoms with E-state index in [9.17, 15) is 0 Å². The minimum atomic E-state index is 0.384. The SMILES string of the molecule is CCCCC(CC)NC(C)c1cc(C)oc1C. The van der Waals surface area contributed by atoms with Crippen LogP contribution in [0.3, 0.4) is 0 Å². The molecule has 0 fully saturated rings. The highest BCUT2D eigenvalue weighted by molar-refractivity contribution is 5.23. The summed E-state index contributed by atoms with van der Waals surface area (Å²) >= 11 is 0. The molecule has 0 saturated heterocycles. The van der Waals surface area contributed by atoms with Crippen molar-refractivity contribution in [2.24, 2.45) is 0 Å². The molecular formula is C15H27NO. The van der Waals surface area contributed by atoms with Crippen LogP contribution < -0.4 is 5.32 Å². The third kappa shape index (κ3) is 4.19. The molecule has 2 unspecified atom stereocenters. The second kappa shape index (κ2) is 6.85. The number of rotatable bonds is 7. The molecule has 0 aromatic carbocycles. The summed E-state index contributed by atoms with van der Waals surface area (Å²) < 4.78 is 5.59. The maximum absolute atomic E-state index is 5.59. The van der Waals surface area contributed by atoms with E-state index in [0.717, 1.165) is 11.5 Å². The van der Waals surface area contributed by atoms with Crippen LogP contribution in [0.5, 0.6) is 0 Å². The van der Waals surface area contributed by atoms with E-state index in [4.69, 9.17) is 4.42 Å². The number of unbranched alkanes of at least 4 members (excludes halogenated alkanes) is 1. The number of aryl methyl sites for hydroxylation is 2. The molecule has 0 radical (unpaired) electrons. The Morgan fingerprint density at radius 2 is 2.00 bits per heavy atom. The number of nitrogens with one attached hydrogen (secondary N) is 1. The van der Waals surface area contributed by atoms with Crippen LogP contribution in [0, 0.1) is 13.8 Å². The molecule has 1 aromatic rings. The Morgan fingerprint density at radius 1 is 1.29 bits per heavy atom. The number of furan rings is 1. The van der Waals surface area contributed by atoms with E-state index >= 15 is 0 Å². The van der Waals surface area contributed by atoms with E-state index in [1.54, 1.807) is 0 Å². The first-order chi connectivity index (χ1) is 8.08. The van der Waals surface area contributed by atoms with Crippen molar-refractivity contribution in [1.82, 2.24) is 5.32 Å². The lowest BCUT2D eigenvalue weighted by Crippen LogP contribution is -2.31. The Hall–Kier alpha value is -0.760. The third-order valence-corrected chi connectivity index (χ3v) is 3.43. The van der Waals surface area contributed by atoms with Gasteiger partial charge in [-0.3, -0.25) is 0 Å². The molecule has 1 rings (SSSR count). The van der Waals surface area contributed by atoms with Crippen LogP contribution in [0.15, 0.2) is 10.5 Å². The van der Waals surface area contributed by atoms with Crippen LogP contribution >= 0.6 is 0 Å². The summed E-state index contributed by atoms with van der Waals surface area (Å²) in [4.78, 5) is 0. The molecule has 17 heavy (non-hydrogen) atoms. The monoisotopic (exact) mass is 237 g/mol. The van der Waals surface area contributed by atoms with Gasteiger partial charge in [-0.15, -0.1) is 0 Å². The normalized spacial score (nSPS) is 14.9. The lowest BCUT2D eigenvalue weighted by atomic mass is 10.0. The highest BCUT2D eigenvalue weighted by atomic mass is 16.3. The van der Waals surface area contributed by atoms with Gasteiger partial charge in [0.15, 0.2) is 0 Å². The average Bonchev–Trinajstić information content (AvgIpc) is 2.63.